The summed E-state index contributed by atoms with van der Waals surface area (Å²) in [5, 5.41) is 0. The summed E-state index contributed by atoms with van der Waals surface area (Å²) in [6, 6.07) is 0. The van der Waals surface area contributed by atoms with Gasteiger partial charge in [0.2, 0.25) is 0 Å². The van der Waals surface area contributed by atoms with Crippen molar-refractivity contribution in [2.45, 2.75) is 6.92 Å². The Balaban J connectivity index is 3.33. The van der Waals surface area contributed by atoms with Gasteiger partial charge < -0.3 is 4.74 Å². The van der Waals surface area contributed by atoms with E-state index in [1.165, 1.54) is 12.3 Å². The Morgan fingerprint density at radius 2 is 1.89 bits per heavy atom. The van der Waals surface area contributed by atoms with Crippen LogP contribution >= 0.6 is 7.26 Å². The molecule has 56 valence electrons. The summed E-state index contributed by atoms with van der Waals surface area (Å²) in [6.45, 7) is 7.97. The molecule has 0 N–H and O–H groups in total. The molecule has 0 aromatic heterocycles. The summed E-state index contributed by atoms with van der Waals surface area (Å²) in [6.07, 6.45) is 2.62. The second-order valence-electron chi connectivity index (χ2n) is 2.97. The molecule has 0 rings (SSSR count). The van der Waals surface area contributed by atoms with Crippen molar-refractivity contribution in [3.8, 4) is 0 Å². The zero-order valence-corrected chi connectivity index (χ0v) is 7.87. The SMILES string of the molecule is CC[P+](C)(C)CCOC. The van der Waals surface area contributed by atoms with Gasteiger partial charge in [0.1, 0.15) is 0 Å². The van der Waals surface area contributed by atoms with Crippen LogP contribution in [0.25, 0.3) is 0 Å². The average Bonchev–Trinajstić information content (AvgIpc) is 1.84. The molecule has 0 heterocycles. The zero-order valence-electron chi connectivity index (χ0n) is 6.98. The quantitative estimate of drug-likeness (QED) is 0.555. The fourth-order valence-electron chi connectivity index (χ4n) is 0.497. The zero-order chi connectivity index (χ0) is 7.33. The largest absolute Gasteiger partial charge is 0.381 e. The second-order valence-corrected chi connectivity index (χ2v) is 7.92. The fourth-order valence-corrected chi connectivity index (χ4v) is 1.49. The van der Waals surface area contributed by atoms with Crippen LogP contribution in [0.15, 0.2) is 0 Å². The molecule has 0 aliphatic heterocycles. The van der Waals surface area contributed by atoms with Crippen LogP contribution in [0.3, 0.4) is 0 Å². The first-order valence-corrected chi connectivity index (χ1v) is 6.48. The third-order valence-electron chi connectivity index (χ3n) is 1.76. The normalized spacial score (nSPS) is 12.0. The molecule has 0 aliphatic carbocycles. The molecule has 2 heteroatoms. The Morgan fingerprint density at radius 3 is 2.22 bits per heavy atom. The Labute approximate surface area is 59.1 Å². The van der Waals surface area contributed by atoms with Crippen molar-refractivity contribution in [1.29, 1.82) is 0 Å². The van der Waals surface area contributed by atoms with Crippen molar-refractivity contribution in [2.24, 2.45) is 0 Å². The minimum Gasteiger partial charge on any atom is -0.381 e. The number of methoxy groups -OCH3 is 1. The Kier molecular flexibility index (Phi) is 4.43. The van der Waals surface area contributed by atoms with Crippen LogP contribution in [0.2, 0.25) is 0 Å². The monoisotopic (exact) mass is 149 g/mol. The van der Waals surface area contributed by atoms with Gasteiger partial charge in [-0.05, 0) is 6.92 Å². The summed E-state index contributed by atoms with van der Waals surface area (Å²) >= 11 is 0. The van der Waals surface area contributed by atoms with E-state index in [1.807, 2.05) is 0 Å². The molecule has 0 saturated carbocycles. The topological polar surface area (TPSA) is 9.23 Å². The predicted octanol–water partition coefficient (Wildman–Crippen LogP) is 1.93. The Bertz CT molecular complexity index is 71.3. The van der Waals surface area contributed by atoms with Gasteiger partial charge >= 0.3 is 0 Å². The van der Waals surface area contributed by atoms with Crippen molar-refractivity contribution < 1.29 is 4.74 Å². The second kappa shape index (κ2) is 4.24. The van der Waals surface area contributed by atoms with Crippen molar-refractivity contribution >= 4 is 7.26 Å². The summed E-state index contributed by atoms with van der Waals surface area (Å²) in [4.78, 5) is 0. The minimum absolute atomic E-state index is 0.565. The molecule has 1 nitrogen and oxygen atoms in total. The summed E-state index contributed by atoms with van der Waals surface area (Å²) in [5.41, 5.74) is 0. The van der Waals surface area contributed by atoms with Crippen LogP contribution in [-0.4, -0.2) is 39.4 Å². The first-order valence-electron chi connectivity index (χ1n) is 3.43. The Hall–Kier alpha value is 0.390. The first-order chi connectivity index (χ1) is 4.12. The lowest BCUT2D eigenvalue weighted by atomic mass is 10.9. The third kappa shape index (κ3) is 4.87. The molecule has 9 heavy (non-hydrogen) atoms. The average molecular weight is 149 g/mol. The molecule has 0 aliphatic rings. The smallest absolute Gasteiger partial charge is 0.0822 e. The summed E-state index contributed by atoms with van der Waals surface area (Å²) in [7, 11) is 1.21. The summed E-state index contributed by atoms with van der Waals surface area (Å²) in [5.74, 6) is 0. The molecule has 0 saturated heterocycles. The van der Waals surface area contributed by atoms with E-state index in [-0.39, 0.29) is 0 Å². The van der Waals surface area contributed by atoms with Crippen molar-refractivity contribution in [3.63, 3.8) is 0 Å². The molecular weight excluding hydrogens is 131 g/mol. The maximum atomic E-state index is 5.01. The van der Waals surface area contributed by atoms with Gasteiger partial charge in [-0.3, -0.25) is 0 Å². The standard InChI is InChI=1S/C7H18OP/c1-5-9(3,4)7-6-8-2/h5-7H2,1-4H3/q+1. The highest BCUT2D eigenvalue weighted by Crippen LogP contribution is 2.49. The van der Waals surface area contributed by atoms with Crippen LogP contribution in [0.5, 0.6) is 0 Å². The lowest BCUT2D eigenvalue weighted by Gasteiger charge is -2.14. The lowest BCUT2D eigenvalue weighted by molar-refractivity contribution is 0.217. The molecule has 0 unspecified atom stereocenters. The molecule has 0 amide bonds. The van der Waals surface area contributed by atoms with Crippen LogP contribution in [0, 0.1) is 0 Å². The van der Waals surface area contributed by atoms with E-state index in [0.29, 0.717) is 0 Å². The van der Waals surface area contributed by atoms with Crippen LogP contribution < -0.4 is 0 Å². The minimum atomic E-state index is -0.565. The summed E-state index contributed by atoms with van der Waals surface area (Å²) < 4.78 is 5.01. The highest BCUT2D eigenvalue weighted by Gasteiger charge is 2.20. The van der Waals surface area contributed by atoms with Gasteiger partial charge in [0.25, 0.3) is 0 Å². The van der Waals surface area contributed by atoms with E-state index in [1.54, 1.807) is 7.11 Å². The van der Waals surface area contributed by atoms with Gasteiger partial charge in [-0.1, -0.05) is 0 Å². The number of hydrogen-bond donors (Lipinski definition) is 0. The molecule has 0 aromatic carbocycles. The highest BCUT2D eigenvalue weighted by molar-refractivity contribution is 7.74. The highest BCUT2D eigenvalue weighted by atomic mass is 31.2. The van der Waals surface area contributed by atoms with E-state index in [9.17, 15) is 0 Å². The van der Waals surface area contributed by atoms with E-state index in [4.69, 9.17) is 4.74 Å². The molecule has 0 spiro atoms. The molecule has 0 bridgehead atoms. The van der Waals surface area contributed by atoms with Crippen molar-refractivity contribution in [1.82, 2.24) is 0 Å². The van der Waals surface area contributed by atoms with E-state index in [0.717, 1.165) is 6.61 Å². The molecule has 0 atom stereocenters. The van der Waals surface area contributed by atoms with Crippen LogP contribution in [-0.2, 0) is 4.74 Å². The molecule has 0 fully saturated rings. The number of hydrogen-bond acceptors (Lipinski definition) is 1. The van der Waals surface area contributed by atoms with Crippen LogP contribution in [0.1, 0.15) is 6.92 Å². The maximum absolute atomic E-state index is 5.01. The van der Waals surface area contributed by atoms with E-state index < -0.39 is 7.26 Å². The lowest BCUT2D eigenvalue weighted by Crippen LogP contribution is -2.03. The fraction of sp³-hybridized carbons (Fsp3) is 1.00. The van der Waals surface area contributed by atoms with Crippen molar-refractivity contribution in [3.05, 3.63) is 0 Å². The Morgan fingerprint density at radius 1 is 1.33 bits per heavy atom. The third-order valence-corrected chi connectivity index (χ3v) is 4.86. The van der Waals surface area contributed by atoms with Crippen molar-refractivity contribution in [2.75, 3.05) is 39.4 Å². The van der Waals surface area contributed by atoms with Gasteiger partial charge in [-0.15, -0.1) is 0 Å². The van der Waals surface area contributed by atoms with Gasteiger partial charge in [-0.25, -0.2) is 0 Å². The predicted molar refractivity (Wildman–Crippen MR) is 46.1 cm³/mol. The molecule has 0 radical (unpaired) electrons. The maximum Gasteiger partial charge on any atom is 0.0822 e. The van der Waals surface area contributed by atoms with Gasteiger partial charge in [0.15, 0.2) is 0 Å². The molecule has 0 aromatic rings. The first kappa shape index (κ1) is 9.39. The van der Waals surface area contributed by atoms with E-state index >= 15 is 0 Å². The van der Waals surface area contributed by atoms with Gasteiger partial charge in [0, 0.05) is 27.7 Å². The van der Waals surface area contributed by atoms with Gasteiger partial charge in [0.05, 0.1) is 18.9 Å². The number of ether oxygens (including phenoxy) is 1. The van der Waals surface area contributed by atoms with Crippen LogP contribution in [0.4, 0.5) is 0 Å². The number of rotatable bonds is 4. The van der Waals surface area contributed by atoms with E-state index in [2.05, 4.69) is 20.3 Å². The molecular formula is C7H18OP+. The van der Waals surface area contributed by atoms with Gasteiger partial charge in [-0.2, -0.15) is 0 Å².